The minimum atomic E-state index is -1.11. The predicted molar refractivity (Wildman–Crippen MR) is 177 cm³/mol. The van der Waals surface area contributed by atoms with Crippen molar-refractivity contribution in [3.63, 3.8) is 0 Å². The third-order valence-electron chi connectivity index (χ3n) is 11.8. The highest BCUT2D eigenvalue weighted by molar-refractivity contribution is 5.94. The number of rotatable bonds is 14. The molecule has 256 valence electrons. The second kappa shape index (κ2) is 17.6. The highest BCUT2D eigenvalue weighted by atomic mass is 16.5. The number of aliphatic hydroxyl groups is 1. The number of nitrogens with zero attached hydrogens (tertiary/aromatic N) is 7. The van der Waals surface area contributed by atoms with E-state index in [1.165, 1.54) is 19.3 Å². The molecule has 46 heavy (non-hydrogen) atoms. The van der Waals surface area contributed by atoms with Crippen molar-refractivity contribution in [3.05, 3.63) is 20.9 Å². The Bertz CT molecular complexity index is 1110. The van der Waals surface area contributed by atoms with Gasteiger partial charge in [0.2, 0.25) is 0 Å². The lowest BCUT2D eigenvalue weighted by atomic mass is 9.67. The van der Waals surface area contributed by atoms with E-state index in [9.17, 15) is 15.9 Å². The van der Waals surface area contributed by atoms with Gasteiger partial charge in [0.15, 0.2) is 11.4 Å². The van der Waals surface area contributed by atoms with E-state index in [-0.39, 0.29) is 48.3 Å². The summed E-state index contributed by atoms with van der Waals surface area (Å²) in [7, 11) is 0. The molecular weight excluding hydrogens is 584 g/mol. The number of carbonyl (C=O) groups excluding carboxylic acids is 1. The molecule has 0 saturated heterocycles. The van der Waals surface area contributed by atoms with Gasteiger partial charge in [0, 0.05) is 54.0 Å². The number of hydrogen-bond acceptors (Lipinski definition) is 7. The first kappa shape index (κ1) is 34.8. The molecule has 5 aliphatic rings. The molecule has 0 bridgehead atoms. The molecule has 0 aromatic rings. The summed E-state index contributed by atoms with van der Waals surface area (Å²) >= 11 is 0. The number of carbonyl (C=O) groups is 1. The number of aliphatic hydroxyl groups excluding tert-OH is 1. The zero-order chi connectivity index (χ0) is 32.2. The van der Waals surface area contributed by atoms with Gasteiger partial charge in [-0.1, -0.05) is 55.2 Å². The van der Waals surface area contributed by atoms with Crippen molar-refractivity contribution in [1.82, 2.24) is 5.32 Å². The van der Waals surface area contributed by atoms with Crippen LogP contribution in [0.15, 0.2) is 15.2 Å². The summed E-state index contributed by atoms with van der Waals surface area (Å²) in [6.45, 7) is 1.76. The molecule has 1 aliphatic heterocycles. The summed E-state index contributed by atoms with van der Waals surface area (Å²) in [5.41, 5.74) is 17.5. The van der Waals surface area contributed by atoms with Crippen LogP contribution in [-0.4, -0.2) is 67.0 Å². The average Bonchev–Trinajstić information content (AvgIpc) is 3.48. The Morgan fingerprint density at radius 1 is 0.935 bits per heavy atom. The first-order valence-electron chi connectivity index (χ1n) is 18.4. The summed E-state index contributed by atoms with van der Waals surface area (Å²) in [6.07, 6.45) is 18.2. The van der Waals surface area contributed by atoms with Gasteiger partial charge in [-0.3, -0.25) is 4.79 Å². The van der Waals surface area contributed by atoms with Gasteiger partial charge in [-0.25, -0.2) is 4.99 Å². The van der Waals surface area contributed by atoms with Crippen LogP contribution in [0.2, 0.25) is 0 Å². The lowest BCUT2D eigenvalue weighted by Gasteiger charge is -2.43. The molecule has 0 radical (unpaired) electrons. The van der Waals surface area contributed by atoms with Gasteiger partial charge in [-0.05, 0) is 106 Å². The number of amides is 1. The molecule has 12 nitrogen and oxygen atoms in total. The van der Waals surface area contributed by atoms with Crippen molar-refractivity contribution in [2.24, 2.45) is 44.8 Å². The Morgan fingerprint density at radius 3 is 2.39 bits per heavy atom. The van der Waals surface area contributed by atoms with Crippen molar-refractivity contribution in [1.29, 1.82) is 0 Å². The van der Waals surface area contributed by atoms with Crippen molar-refractivity contribution >= 4 is 11.8 Å². The van der Waals surface area contributed by atoms with Crippen molar-refractivity contribution in [3.8, 4) is 0 Å². The Hall–Kier alpha value is -2.52. The maximum Gasteiger partial charge on any atom is 0.251 e. The van der Waals surface area contributed by atoms with Gasteiger partial charge in [-0.15, -0.1) is 0 Å². The van der Waals surface area contributed by atoms with E-state index in [2.05, 4.69) is 25.4 Å². The minimum absolute atomic E-state index is 0.0422. The lowest BCUT2D eigenvalue weighted by Crippen LogP contribution is -2.58. The molecule has 4 aliphatic carbocycles. The predicted octanol–water partition coefficient (Wildman–Crippen LogP) is 7.55. The molecule has 4 fully saturated rings. The third-order valence-corrected chi connectivity index (χ3v) is 11.8. The molecule has 4 unspecified atom stereocenters. The molecule has 0 spiro atoms. The Labute approximate surface area is 274 Å². The molecule has 4 saturated carbocycles. The van der Waals surface area contributed by atoms with E-state index in [1.807, 2.05) is 0 Å². The highest BCUT2D eigenvalue weighted by Gasteiger charge is 2.58. The topological polar surface area (TPSA) is 178 Å². The van der Waals surface area contributed by atoms with E-state index in [0.29, 0.717) is 44.4 Å². The molecule has 2 N–H and O–H groups in total. The van der Waals surface area contributed by atoms with Gasteiger partial charge in [-0.2, -0.15) is 0 Å². The lowest BCUT2D eigenvalue weighted by molar-refractivity contribution is -0.132. The number of nitrogens with one attached hydrogen (secondary N) is 1. The van der Waals surface area contributed by atoms with Crippen LogP contribution in [0, 0.1) is 29.6 Å². The summed E-state index contributed by atoms with van der Waals surface area (Å²) in [5.74, 6) is 1.48. The van der Waals surface area contributed by atoms with Gasteiger partial charge in [0.05, 0.1) is 6.10 Å². The van der Waals surface area contributed by atoms with Crippen LogP contribution in [0.25, 0.3) is 20.9 Å². The Kier molecular flexibility index (Phi) is 13.3. The number of ether oxygens (including phenoxy) is 2. The molecule has 5 rings (SSSR count). The summed E-state index contributed by atoms with van der Waals surface area (Å²) in [5, 5.41) is 20.8. The van der Waals surface area contributed by atoms with Crippen molar-refractivity contribution in [2.45, 2.75) is 146 Å². The number of aliphatic imine (C=N–C) groups is 1. The molecule has 1 heterocycles. The third kappa shape index (κ3) is 8.68. The SMILES string of the molecule is [N-]=[N+]=NCC1CCCCC1[C@@H]1OC(C2CCC(OCCCO)CC2)=N[C@]1(CC1CCCCC1N=[N+]=[N-])C(=O)NCC1CCCCC1. The smallest absolute Gasteiger partial charge is 0.251 e. The standard InChI is InChI=1S/C34H56N8O4/c35-41-38-23-27-12-4-6-13-29(27)31-34(21-26-11-5-7-14-30(26)40-42-36,33(44)37-22-24-9-2-1-3-10-24)39-32(46-31)25-15-17-28(18-16-25)45-20-8-19-43/h24-31,43H,1-23H2,(H,37,44)/t25?,26?,27?,28?,29?,30?,31-,34-/m0/s1. The van der Waals surface area contributed by atoms with Crippen LogP contribution in [0.4, 0.5) is 0 Å². The van der Waals surface area contributed by atoms with Gasteiger partial charge in [0.25, 0.3) is 5.91 Å². The van der Waals surface area contributed by atoms with Crippen molar-refractivity contribution in [2.75, 3.05) is 26.3 Å². The fraction of sp³-hybridized carbons (Fsp3) is 0.941. The molecule has 0 aromatic carbocycles. The van der Waals surface area contributed by atoms with Gasteiger partial charge < -0.3 is 19.9 Å². The number of azide groups is 2. The van der Waals surface area contributed by atoms with Crippen LogP contribution < -0.4 is 5.32 Å². The van der Waals surface area contributed by atoms with E-state index in [4.69, 9.17) is 19.6 Å². The monoisotopic (exact) mass is 640 g/mol. The van der Waals surface area contributed by atoms with Crippen molar-refractivity contribution < 1.29 is 19.4 Å². The van der Waals surface area contributed by atoms with E-state index >= 15 is 0 Å². The second-order valence-corrected chi connectivity index (χ2v) is 14.7. The fourth-order valence-corrected chi connectivity index (χ4v) is 9.20. The van der Waals surface area contributed by atoms with Crippen LogP contribution in [0.5, 0.6) is 0 Å². The maximum absolute atomic E-state index is 14.8. The molecular formula is C34H56N8O4. The van der Waals surface area contributed by atoms with E-state index < -0.39 is 11.6 Å². The molecule has 12 heteroatoms. The van der Waals surface area contributed by atoms with Crippen LogP contribution in [0.1, 0.15) is 122 Å². The van der Waals surface area contributed by atoms with E-state index in [0.717, 1.165) is 89.9 Å². The number of hydrogen-bond donors (Lipinski definition) is 2. The quantitative estimate of drug-likeness (QED) is 0.0862. The van der Waals surface area contributed by atoms with Crippen LogP contribution >= 0.6 is 0 Å². The van der Waals surface area contributed by atoms with E-state index in [1.54, 1.807) is 0 Å². The summed E-state index contributed by atoms with van der Waals surface area (Å²) in [4.78, 5) is 26.6. The normalized spacial score (nSPS) is 35.2. The first-order chi connectivity index (χ1) is 22.6. The fourth-order valence-electron chi connectivity index (χ4n) is 9.20. The average molecular weight is 641 g/mol. The zero-order valence-electron chi connectivity index (χ0n) is 27.7. The molecule has 1 amide bonds. The second-order valence-electron chi connectivity index (χ2n) is 14.7. The largest absolute Gasteiger partial charge is 0.474 e. The Morgan fingerprint density at radius 2 is 1.65 bits per heavy atom. The molecule has 0 aromatic heterocycles. The summed E-state index contributed by atoms with van der Waals surface area (Å²) in [6, 6.07) is -0.154. The first-order valence-corrected chi connectivity index (χ1v) is 18.4. The maximum atomic E-state index is 14.8. The van der Waals surface area contributed by atoms with Crippen LogP contribution in [-0.2, 0) is 14.3 Å². The van der Waals surface area contributed by atoms with Crippen LogP contribution in [0.3, 0.4) is 0 Å². The van der Waals surface area contributed by atoms with Gasteiger partial charge in [0.1, 0.15) is 6.10 Å². The zero-order valence-corrected chi connectivity index (χ0v) is 27.7. The van der Waals surface area contributed by atoms with Gasteiger partial charge >= 0.3 is 0 Å². The molecule has 6 atom stereocenters. The minimum Gasteiger partial charge on any atom is -0.474 e. The summed E-state index contributed by atoms with van der Waals surface area (Å²) < 4.78 is 13.0. The Balaban J connectivity index is 1.47. The highest BCUT2D eigenvalue weighted by Crippen LogP contribution is 2.48.